The minimum Gasteiger partial charge on any atom is -0.341 e. The quantitative estimate of drug-likeness (QED) is 0.780. The van der Waals surface area contributed by atoms with E-state index >= 15 is 0 Å². The summed E-state index contributed by atoms with van der Waals surface area (Å²) in [5, 5.41) is 3.41. The van der Waals surface area contributed by atoms with Gasteiger partial charge in [0.15, 0.2) is 0 Å². The van der Waals surface area contributed by atoms with Crippen LogP contribution >= 0.6 is 12.4 Å². The summed E-state index contributed by atoms with van der Waals surface area (Å²) in [5.41, 5.74) is 0.533. The number of carbonyl (C=O) groups excluding carboxylic acids is 1. The number of piperidine rings is 2. The minimum atomic E-state index is -3.55. The van der Waals surface area contributed by atoms with Gasteiger partial charge in [-0.05, 0) is 69.7 Å². The molecule has 0 saturated carbocycles. The van der Waals surface area contributed by atoms with Crippen LogP contribution in [0.1, 0.15) is 32.6 Å². The first-order valence-electron chi connectivity index (χ1n) is 9.92. The van der Waals surface area contributed by atoms with Crippen LogP contribution in [-0.2, 0) is 14.8 Å². The van der Waals surface area contributed by atoms with Gasteiger partial charge < -0.3 is 10.2 Å². The smallest absolute Gasteiger partial charge is 0.246 e. The molecule has 28 heavy (non-hydrogen) atoms. The number of nitrogens with one attached hydrogen (secondary N) is 1. The van der Waals surface area contributed by atoms with Gasteiger partial charge in [0, 0.05) is 13.1 Å². The average molecular weight is 430 g/mol. The largest absolute Gasteiger partial charge is 0.341 e. The first-order valence-corrected chi connectivity index (χ1v) is 11.8. The number of halogens is 1. The Balaban J connectivity index is 0.00000280. The summed E-state index contributed by atoms with van der Waals surface area (Å²) >= 11 is 0. The molecule has 8 heteroatoms. The van der Waals surface area contributed by atoms with Gasteiger partial charge in [-0.3, -0.25) is 9.10 Å². The van der Waals surface area contributed by atoms with Crippen LogP contribution in [0.5, 0.6) is 0 Å². The summed E-state index contributed by atoms with van der Waals surface area (Å²) in [6, 6.07) is 8.13. The molecule has 158 valence electrons. The van der Waals surface area contributed by atoms with Crippen molar-refractivity contribution in [2.75, 3.05) is 36.7 Å². The maximum atomic E-state index is 13.1. The second kappa shape index (κ2) is 9.94. The van der Waals surface area contributed by atoms with Gasteiger partial charge >= 0.3 is 0 Å². The molecule has 0 aliphatic carbocycles. The van der Waals surface area contributed by atoms with Crippen LogP contribution in [0, 0.1) is 11.8 Å². The van der Waals surface area contributed by atoms with Gasteiger partial charge in [-0.15, -0.1) is 12.4 Å². The zero-order valence-electron chi connectivity index (χ0n) is 16.7. The summed E-state index contributed by atoms with van der Waals surface area (Å²) in [7, 11) is -3.55. The molecule has 2 saturated heterocycles. The van der Waals surface area contributed by atoms with E-state index in [1.165, 1.54) is 17.1 Å². The third-order valence-corrected chi connectivity index (χ3v) is 7.22. The summed E-state index contributed by atoms with van der Waals surface area (Å²) in [6.07, 6.45) is 5.66. The van der Waals surface area contributed by atoms with Gasteiger partial charge in [0.2, 0.25) is 15.9 Å². The zero-order chi connectivity index (χ0) is 19.4. The second-order valence-corrected chi connectivity index (χ2v) is 9.68. The number of hydrogen-bond acceptors (Lipinski definition) is 4. The van der Waals surface area contributed by atoms with Crippen molar-refractivity contribution in [1.29, 1.82) is 0 Å². The highest BCUT2D eigenvalue weighted by Crippen LogP contribution is 2.31. The average Bonchev–Trinajstić information content (AvgIpc) is 2.68. The lowest BCUT2D eigenvalue weighted by atomic mass is 9.79. The zero-order valence-corrected chi connectivity index (χ0v) is 18.3. The monoisotopic (exact) mass is 429 g/mol. The van der Waals surface area contributed by atoms with Crippen molar-refractivity contribution in [2.45, 2.75) is 38.6 Å². The number of anilines is 1. The van der Waals surface area contributed by atoms with Crippen molar-refractivity contribution in [3.63, 3.8) is 0 Å². The number of hydrogen-bond donors (Lipinski definition) is 1. The number of nitrogens with zero attached hydrogens (tertiary/aromatic N) is 2. The molecule has 1 aromatic carbocycles. The first-order chi connectivity index (χ1) is 12.9. The molecule has 2 heterocycles. The van der Waals surface area contributed by atoms with Crippen molar-refractivity contribution in [2.24, 2.45) is 11.8 Å². The predicted octanol–water partition coefficient (Wildman–Crippen LogP) is 2.50. The van der Waals surface area contributed by atoms with E-state index < -0.39 is 16.1 Å². The van der Waals surface area contributed by atoms with Gasteiger partial charge in [0.25, 0.3) is 0 Å². The van der Waals surface area contributed by atoms with E-state index in [0.717, 1.165) is 51.2 Å². The molecule has 2 fully saturated rings. The Kier molecular flexibility index (Phi) is 8.16. The van der Waals surface area contributed by atoms with Crippen molar-refractivity contribution in [1.82, 2.24) is 10.2 Å². The number of para-hydroxylation sites is 1. The van der Waals surface area contributed by atoms with E-state index in [0.29, 0.717) is 11.6 Å². The van der Waals surface area contributed by atoms with Crippen LogP contribution < -0.4 is 9.62 Å². The summed E-state index contributed by atoms with van der Waals surface area (Å²) in [4.78, 5) is 14.9. The summed E-state index contributed by atoms with van der Waals surface area (Å²) in [5.74, 6) is 1.34. The van der Waals surface area contributed by atoms with Crippen molar-refractivity contribution >= 4 is 34.0 Å². The molecule has 2 aliphatic heterocycles. The Morgan fingerprint density at radius 1 is 1.07 bits per heavy atom. The Morgan fingerprint density at radius 2 is 1.61 bits per heavy atom. The molecule has 1 amide bonds. The van der Waals surface area contributed by atoms with Gasteiger partial charge in [-0.1, -0.05) is 18.2 Å². The number of amides is 1. The van der Waals surface area contributed by atoms with Crippen LogP contribution in [-0.4, -0.2) is 57.7 Å². The molecular weight excluding hydrogens is 398 g/mol. The van der Waals surface area contributed by atoms with Gasteiger partial charge in [-0.25, -0.2) is 8.42 Å². The first kappa shape index (κ1) is 23.0. The Hall–Kier alpha value is -1.31. The lowest BCUT2D eigenvalue weighted by molar-refractivity contribution is -0.133. The molecule has 0 bridgehead atoms. The maximum Gasteiger partial charge on any atom is 0.246 e. The fraction of sp³-hybridized carbons (Fsp3) is 0.650. The van der Waals surface area contributed by atoms with Crippen LogP contribution in [0.15, 0.2) is 30.3 Å². The molecule has 1 atom stereocenters. The molecular formula is C20H32ClN3O3S. The maximum absolute atomic E-state index is 13.1. The van der Waals surface area contributed by atoms with Crippen molar-refractivity contribution < 1.29 is 13.2 Å². The Morgan fingerprint density at radius 3 is 2.14 bits per heavy atom. The molecule has 2 aliphatic rings. The molecule has 0 aromatic heterocycles. The molecule has 3 rings (SSSR count). The van der Waals surface area contributed by atoms with E-state index in [4.69, 9.17) is 0 Å². The van der Waals surface area contributed by atoms with E-state index in [9.17, 15) is 13.2 Å². The SMILES string of the molecule is CC(C(=O)N1CCC(C2CCNCC2)CC1)N(c1ccccc1)S(C)(=O)=O.Cl. The predicted molar refractivity (Wildman–Crippen MR) is 115 cm³/mol. The highest BCUT2D eigenvalue weighted by molar-refractivity contribution is 7.92. The van der Waals surface area contributed by atoms with E-state index in [1.54, 1.807) is 31.2 Å². The highest BCUT2D eigenvalue weighted by Gasteiger charge is 2.35. The number of carbonyl (C=O) groups is 1. The third-order valence-electron chi connectivity index (χ3n) is 5.98. The van der Waals surface area contributed by atoms with Gasteiger partial charge in [0.05, 0.1) is 11.9 Å². The molecule has 1 aromatic rings. The van der Waals surface area contributed by atoms with Crippen molar-refractivity contribution in [3.05, 3.63) is 30.3 Å². The third kappa shape index (κ3) is 5.39. The lowest BCUT2D eigenvalue weighted by Gasteiger charge is -2.39. The lowest BCUT2D eigenvalue weighted by Crippen LogP contribution is -2.51. The van der Waals surface area contributed by atoms with Crippen LogP contribution in [0.3, 0.4) is 0 Å². The summed E-state index contributed by atoms with van der Waals surface area (Å²) < 4.78 is 26.0. The molecule has 1 N–H and O–H groups in total. The molecule has 0 spiro atoms. The molecule has 1 unspecified atom stereocenters. The highest BCUT2D eigenvalue weighted by atomic mass is 35.5. The molecule has 6 nitrogen and oxygen atoms in total. The Labute approximate surface area is 175 Å². The van der Waals surface area contributed by atoms with E-state index in [-0.39, 0.29) is 18.3 Å². The Bertz CT molecular complexity index is 730. The minimum absolute atomic E-state index is 0. The standard InChI is InChI=1S/C20H31N3O3S.ClH/c1-16(23(27(2,25)26)19-6-4-3-5-7-19)20(24)22-14-10-18(11-15-22)17-8-12-21-13-9-17;/h3-7,16-18,21H,8-15H2,1-2H3;1H. The van der Waals surface area contributed by atoms with E-state index in [2.05, 4.69) is 5.32 Å². The number of benzene rings is 1. The summed E-state index contributed by atoms with van der Waals surface area (Å²) in [6.45, 7) is 5.34. The fourth-order valence-electron chi connectivity index (χ4n) is 4.55. The van der Waals surface area contributed by atoms with Gasteiger partial charge in [0.1, 0.15) is 6.04 Å². The number of rotatable bonds is 5. The van der Waals surface area contributed by atoms with Crippen LogP contribution in [0.2, 0.25) is 0 Å². The van der Waals surface area contributed by atoms with Crippen LogP contribution in [0.25, 0.3) is 0 Å². The van der Waals surface area contributed by atoms with E-state index in [1.807, 2.05) is 11.0 Å². The fourth-order valence-corrected chi connectivity index (χ4v) is 5.72. The van der Waals surface area contributed by atoms with Gasteiger partial charge in [-0.2, -0.15) is 0 Å². The molecule has 0 radical (unpaired) electrons. The van der Waals surface area contributed by atoms with Crippen LogP contribution in [0.4, 0.5) is 5.69 Å². The van der Waals surface area contributed by atoms with Crippen molar-refractivity contribution in [3.8, 4) is 0 Å². The topological polar surface area (TPSA) is 69.7 Å². The normalized spacial score (nSPS) is 20.3. The second-order valence-electron chi connectivity index (χ2n) is 7.82. The number of sulfonamides is 1. The number of likely N-dealkylation sites (tertiary alicyclic amines) is 1.